The highest BCUT2D eigenvalue weighted by molar-refractivity contribution is 7.16. The molecular formula is C23H31N7O3S. The van der Waals surface area contributed by atoms with Gasteiger partial charge in [-0.15, -0.1) is 11.3 Å². The number of anilines is 1. The molecule has 0 radical (unpaired) electrons. The molecule has 0 saturated carbocycles. The van der Waals surface area contributed by atoms with Crippen LogP contribution in [0.25, 0.3) is 16.2 Å². The molecule has 4 heterocycles. The lowest BCUT2D eigenvalue weighted by Gasteiger charge is -2.39. The van der Waals surface area contributed by atoms with Crippen molar-refractivity contribution in [3.05, 3.63) is 29.5 Å². The van der Waals surface area contributed by atoms with Gasteiger partial charge in [0.25, 0.3) is 5.91 Å². The highest BCUT2D eigenvalue weighted by atomic mass is 32.1. The number of carboxylic acid groups (broad SMARTS) is 1. The number of amides is 2. The molecule has 1 fully saturated rings. The first-order valence-corrected chi connectivity index (χ1v) is 12.3. The quantitative estimate of drug-likeness (QED) is 0.560. The smallest absolute Gasteiger partial charge is 0.407 e. The van der Waals surface area contributed by atoms with Gasteiger partial charge in [0.15, 0.2) is 5.82 Å². The summed E-state index contributed by atoms with van der Waals surface area (Å²) in [4.78, 5) is 38.6. The van der Waals surface area contributed by atoms with Gasteiger partial charge in [-0.05, 0) is 47.5 Å². The summed E-state index contributed by atoms with van der Waals surface area (Å²) in [5, 5.41) is 19.2. The van der Waals surface area contributed by atoms with E-state index in [2.05, 4.69) is 20.4 Å². The van der Waals surface area contributed by atoms with Crippen molar-refractivity contribution in [3.63, 3.8) is 0 Å². The first kappa shape index (κ1) is 23.9. The Hall–Kier alpha value is -3.21. The average molecular weight is 486 g/mol. The fourth-order valence-electron chi connectivity index (χ4n) is 4.31. The number of carbonyl (C=O) groups is 2. The van der Waals surface area contributed by atoms with Gasteiger partial charge in [0.1, 0.15) is 16.3 Å². The number of aromatic nitrogens is 4. The van der Waals surface area contributed by atoms with Crippen LogP contribution in [0.4, 0.5) is 10.6 Å². The Kier molecular flexibility index (Phi) is 6.48. The molecule has 0 aromatic carbocycles. The number of piperidine rings is 1. The lowest BCUT2D eigenvalue weighted by atomic mass is 10.0. The van der Waals surface area contributed by atoms with Gasteiger partial charge in [0.2, 0.25) is 0 Å². The third-order valence-corrected chi connectivity index (χ3v) is 6.63. The van der Waals surface area contributed by atoms with E-state index in [-0.39, 0.29) is 23.5 Å². The molecule has 0 atom stereocenters. The van der Waals surface area contributed by atoms with Crippen molar-refractivity contribution >= 4 is 34.0 Å². The molecule has 1 aliphatic rings. The first-order chi connectivity index (χ1) is 16.0. The molecule has 0 spiro atoms. The van der Waals surface area contributed by atoms with Gasteiger partial charge in [-0.25, -0.2) is 19.3 Å². The minimum absolute atomic E-state index is 0.0971. The number of carbonyl (C=O) groups excluding carboxylic acids is 1. The second kappa shape index (κ2) is 9.21. The van der Waals surface area contributed by atoms with Crippen LogP contribution in [0.2, 0.25) is 0 Å². The Morgan fingerprint density at radius 2 is 1.94 bits per heavy atom. The van der Waals surface area contributed by atoms with Crippen LogP contribution < -0.4 is 5.32 Å². The van der Waals surface area contributed by atoms with E-state index in [1.165, 1.54) is 16.2 Å². The maximum absolute atomic E-state index is 13.5. The molecule has 10 nitrogen and oxygen atoms in total. The van der Waals surface area contributed by atoms with Crippen LogP contribution in [0.1, 0.15) is 57.9 Å². The predicted molar refractivity (Wildman–Crippen MR) is 131 cm³/mol. The molecule has 182 valence electrons. The molecule has 2 N–H and O–H groups in total. The summed E-state index contributed by atoms with van der Waals surface area (Å²) in [6.45, 7) is 10.8. The van der Waals surface area contributed by atoms with Crippen LogP contribution in [0.3, 0.4) is 0 Å². The van der Waals surface area contributed by atoms with E-state index in [0.717, 1.165) is 10.4 Å². The molecule has 1 aliphatic heterocycles. The summed E-state index contributed by atoms with van der Waals surface area (Å²) in [5.41, 5.74) is 0.831. The van der Waals surface area contributed by atoms with E-state index >= 15 is 0 Å². The van der Waals surface area contributed by atoms with Gasteiger partial charge in [0, 0.05) is 48.4 Å². The standard InChI is InChI=1S/C23H31N7O3S/c1-14(2)30(22(32)33)15-6-8-28(9-7-15)20(31)17-12-18(27-23(3,4)5)26-19(25-17)16-13-24-29-10-11-34-21(16)29/h10-15H,6-9H2,1-5H3,(H,32,33)(H,25,26,27). The van der Waals surface area contributed by atoms with Crippen molar-refractivity contribution in [2.45, 2.75) is 65.1 Å². The number of fused-ring (bicyclic) bond motifs is 1. The number of hydrogen-bond donors (Lipinski definition) is 2. The highest BCUT2D eigenvalue weighted by Crippen LogP contribution is 2.28. The Balaban J connectivity index is 1.61. The molecule has 11 heteroatoms. The monoisotopic (exact) mass is 485 g/mol. The summed E-state index contributed by atoms with van der Waals surface area (Å²) in [6, 6.07) is 1.49. The first-order valence-electron chi connectivity index (χ1n) is 11.4. The van der Waals surface area contributed by atoms with Gasteiger partial charge in [0.05, 0.1) is 11.8 Å². The topological polar surface area (TPSA) is 116 Å². The van der Waals surface area contributed by atoms with Crippen LogP contribution in [-0.2, 0) is 0 Å². The van der Waals surface area contributed by atoms with Gasteiger partial charge in [-0.2, -0.15) is 5.10 Å². The van der Waals surface area contributed by atoms with Crippen molar-refractivity contribution in [2.75, 3.05) is 18.4 Å². The van der Waals surface area contributed by atoms with Gasteiger partial charge in [-0.3, -0.25) is 4.79 Å². The number of hydrogen-bond acceptors (Lipinski definition) is 7. The Bertz CT molecular complexity index is 1190. The third kappa shape index (κ3) is 4.98. The molecule has 0 aliphatic carbocycles. The Morgan fingerprint density at radius 3 is 2.56 bits per heavy atom. The minimum Gasteiger partial charge on any atom is -0.465 e. The highest BCUT2D eigenvalue weighted by Gasteiger charge is 2.32. The van der Waals surface area contributed by atoms with Gasteiger partial charge in [-0.1, -0.05) is 0 Å². The zero-order valence-electron chi connectivity index (χ0n) is 20.1. The second-order valence-electron chi connectivity index (χ2n) is 9.85. The molecule has 0 unspecified atom stereocenters. The van der Waals surface area contributed by atoms with Crippen LogP contribution in [-0.4, -0.2) is 77.2 Å². The van der Waals surface area contributed by atoms with Gasteiger partial charge >= 0.3 is 6.09 Å². The van der Waals surface area contributed by atoms with Crippen molar-refractivity contribution in [2.24, 2.45) is 0 Å². The molecule has 34 heavy (non-hydrogen) atoms. The van der Waals surface area contributed by atoms with Crippen molar-refractivity contribution in [3.8, 4) is 11.4 Å². The van der Waals surface area contributed by atoms with E-state index in [4.69, 9.17) is 0 Å². The van der Waals surface area contributed by atoms with Gasteiger partial charge < -0.3 is 20.2 Å². The Labute approximate surface area is 202 Å². The van der Waals surface area contributed by atoms with E-state index in [0.29, 0.717) is 43.3 Å². The molecule has 2 amide bonds. The van der Waals surface area contributed by atoms with Crippen LogP contribution in [0.5, 0.6) is 0 Å². The van der Waals surface area contributed by atoms with Crippen molar-refractivity contribution < 1.29 is 14.7 Å². The predicted octanol–water partition coefficient (Wildman–Crippen LogP) is 4.06. The average Bonchev–Trinajstić information content (AvgIpc) is 3.35. The summed E-state index contributed by atoms with van der Waals surface area (Å²) in [5.74, 6) is 0.838. The summed E-state index contributed by atoms with van der Waals surface area (Å²) < 4.78 is 1.77. The number of rotatable bonds is 5. The molecule has 4 rings (SSSR count). The fourth-order valence-corrected chi connectivity index (χ4v) is 5.11. The van der Waals surface area contributed by atoms with Crippen LogP contribution in [0.15, 0.2) is 23.8 Å². The number of likely N-dealkylation sites (tertiary alicyclic amines) is 1. The minimum atomic E-state index is -0.917. The maximum atomic E-state index is 13.5. The van der Waals surface area contributed by atoms with Crippen molar-refractivity contribution in [1.29, 1.82) is 0 Å². The summed E-state index contributed by atoms with van der Waals surface area (Å²) in [6.07, 6.45) is 3.86. The molecule has 3 aromatic rings. The number of nitrogens with one attached hydrogen (secondary N) is 1. The third-order valence-electron chi connectivity index (χ3n) is 5.74. The van der Waals surface area contributed by atoms with E-state index < -0.39 is 6.09 Å². The zero-order chi connectivity index (χ0) is 24.6. The molecule has 1 saturated heterocycles. The SMILES string of the molecule is CC(C)N(C(=O)O)C1CCN(C(=O)c2cc(NC(C)(C)C)nc(-c3cnn4ccsc34)n2)CC1. The number of thiazole rings is 1. The normalized spacial score (nSPS) is 15.2. The largest absolute Gasteiger partial charge is 0.465 e. The summed E-state index contributed by atoms with van der Waals surface area (Å²) >= 11 is 1.54. The van der Waals surface area contributed by atoms with E-state index in [9.17, 15) is 14.7 Å². The second-order valence-corrected chi connectivity index (χ2v) is 10.7. The molecular weight excluding hydrogens is 454 g/mol. The lowest BCUT2D eigenvalue weighted by molar-refractivity contribution is 0.0561. The fraction of sp³-hybridized carbons (Fsp3) is 0.522. The van der Waals surface area contributed by atoms with E-state index in [1.54, 1.807) is 21.7 Å². The van der Waals surface area contributed by atoms with Crippen LogP contribution >= 0.6 is 11.3 Å². The van der Waals surface area contributed by atoms with E-state index in [1.807, 2.05) is 46.2 Å². The Morgan fingerprint density at radius 1 is 1.24 bits per heavy atom. The maximum Gasteiger partial charge on any atom is 0.407 e. The summed E-state index contributed by atoms with van der Waals surface area (Å²) in [7, 11) is 0. The molecule has 0 bridgehead atoms. The number of nitrogens with zero attached hydrogens (tertiary/aromatic N) is 6. The lowest BCUT2D eigenvalue weighted by Crippen LogP contribution is -2.50. The zero-order valence-corrected chi connectivity index (χ0v) is 21.0. The molecule has 3 aromatic heterocycles. The van der Waals surface area contributed by atoms with Crippen LogP contribution in [0, 0.1) is 0 Å². The van der Waals surface area contributed by atoms with Crippen molar-refractivity contribution in [1.82, 2.24) is 29.4 Å².